The fraction of sp³-hybridized carbons (Fsp3) is 0.500. The summed E-state index contributed by atoms with van der Waals surface area (Å²) in [6, 6.07) is 5.70. The zero-order valence-electron chi connectivity index (χ0n) is 13.3. The van der Waals surface area contributed by atoms with Gasteiger partial charge < -0.3 is 15.5 Å². The van der Waals surface area contributed by atoms with Gasteiger partial charge in [-0.2, -0.15) is 0 Å². The molecule has 0 saturated heterocycles. The molecule has 0 aliphatic heterocycles. The Balaban J connectivity index is 1.73. The highest BCUT2D eigenvalue weighted by atomic mass is 35.5. The smallest absolute Gasteiger partial charge is 0.255 e. The normalized spacial score (nSPS) is 22.9. The minimum Gasteiger partial charge on any atom is -0.489 e. The molecule has 4 nitrogen and oxygen atoms in total. The third kappa shape index (κ3) is 3.54. The molecule has 0 spiro atoms. The van der Waals surface area contributed by atoms with Crippen LogP contribution in [0.4, 0.5) is 0 Å². The monoisotopic (exact) mass is 334 g/mol. The summed E-state index contributed by atoms with van der Waals surface area (Å²) in [6.07, 6.45) is 7.05. The Hall–Kier alpha value is -1.52. The molecule has 1 unspecified atom stereocenters. The van der Waals surface area contributed by atoms with Crippen molar-refractivity contribution < 1.29 is 4.74 Å². The van der Waals surface area contributed by atoms with E-state index < -0.39 is 0 Å². The van der Waals surface area contributed by atoms with Gasteiger partial charge in [0.1, 0.15) is 5.75 Å². The number of benzene rings is 1. The summed E-state index contributed by atoms with van der Waals surface area (Å²) in [5.41, 5.74) is 6.02. The second kappa shape index (κ2) is 6.93. The molecule has 1 fully saturated rings. The number of hydrogen-bond donors (Lipinski definition) is 2. The number of halogens is 1. The fourth-order valence-electron chi connectivity index (χ4n) is 3.43. The maximum Gasteiger partial charge on any atom is 0.255 e. The number of hydrogen-bond acceptors (Lipinski definition) is 3. The summed E-state index contributed by atoms with van der Waals surface area (Å²) in [4.78, 5) is 14.5. The van der Waals surface area contributed by atoms with Crippen molar-refractivity contribution in [3.05, 3.63) is 39.8 Å². The lowest BCUT2D eigenvalue weighted by Gasteiger charge is -2.32. The maximum absolute atomic E-state index is 11.8. The van der Waals surface area contributed by atoms with Crippen LogP contribution in [0.5, 0.6) is 5.75 Å². The van der Waals surface area contributed by atoms with Gasteiger partial charge in [-0.05, 0) is 61.6 Å². The third-order valence-electron chi connectivity index (χ3n) is 4.92. The molecule has 1 aromatic carbocycles. The minimum absolute atomic E-state index is 0.134. The zero-order chi connectivity index (χ0) is 16.4. The molecule has 3 N–H and O–H groups in total. The van der Waals surface area contributed by atoms with E-state index in [1.54, 1.807) is 12.3 Å². The van der Waals surface area contributed by atoms with Gasteiger partial charge >= 0.3 is 0 Å². The number of nitrogens with one attached hydrogen (secondary N) is 1. The van der Waals surface area contributed by atoms with E-state index in [0.717, 1.165) is 37.5 Å². The molecule has 124 valence electrons. The first-order valence-corrected chi connectivity index (χ1v) is 8.69. The molecule has 3 rings (SSSR count). The molecule has 23 heavy (non-hydrogen) atoms. The van der Waals surface area contributed by atoms with Crippen molar-refractivity contribution in [3.63, 3.8) is 0 Å². The number of pyridine rings is 1. The molecule has 2 aromatic rings. The van der Waals surface area contributed by atoms with Crippen LogP contribution in [0.1, 0.15) is 39.0 Å². The van der Waals surface area contributed by atoms with Crippen LogP contribution in [0, 0.1) is 5.92 Å². The van der Waals surface area contributed by atoms with Crippen LogP contribution < -0.4 is 16.0 Å². The van der Waals surface area contributed by atoms with Gasteiger partial charge in [-0.15, -0.1) is 0 Å². The first-order chi connectivity index (χ1) is 11.1. The topological polar surface area (TPSA) is 68.1 Å². The van der Waals surface area contributed by atoms with Gasteiger partial charge in [0.2, 0.25) is 0 Å². The van der Waals surface area contributed by atoms with Crippen LogP contribution in [-0.2, 0) is 0 Å². The number of ether oxygens (including phenoxy) is 1. The Kier molecular flexibility index (Phi) is 4.93. The summed E-state index contributed by atoms with van der Waals surface area (Å²) < 4.78 is 6.11. The third-order valence-corrected chi connectivity index (χ3v) is 5.21. The van der Waals surface area contributed by atoms with Crippen LogP contribution in [-0.4, -0.2) is 17.1 Å². The predicted octanol–water partition coefficient (Wildman–Crippen LogP) is 3.86. The van der Waals surface area contributed by atoms with E-state index in [4.69, 9.17) is 22.1 Å². The largest absolute Gasteiger partial charge is 0.489 e. The SMILES string of the molecule is CCC(N)C1CCC(Oc2cc3cc[nH]c(=O)c3cc2Cl)CC1. The van der Waals surface area contributed by atoms with E-state index >= 15 is 0 Å². The van der Waals surface area contributed by atoms with Gasteiger partial charge in [-0.25, -0.2) is 0 Å². The molecule has 1 aromatic heterocycles. The summed E-state index contributed by atoms with van der Waals surface area (Å²) >= 11 is 6.30. The van der Waals surface area contributed by atoms with Crippen molar-refractivity contribution in [3.8, 4) is 5.75 Å². The molecule has 0 radical (unpaired) electrons. The number of aromatic amines is 1. The lowest BCUT2D eigenvalue weighted by Crippen LogP contribution is -2.35. The average Bonchev–Trinajstić information content (AvgIpc) is 2.56. The van der Waals surface area contributed by atoms with Crippen LogP contribution >= 0.6 is 11.6 Å². The summed E-state index contributed by atoms with van der Waals surface area (Å²) in [5.74, 6) is 1.26. The van der Waals surface area contributed by atoms with E-state index in [0.29, 0.717) is 28.1 Å². The van der Waals surface area contributed by atoms with Crippen molar-refractivity contribution in [2.45, 2.75) is 51.2 Å². The van der Waals surface area contributed by atoms with Crippen molar-refractivity contribution in [1.82, 2.24) is 4.98 Å². The number of H-pyrrole nitrogens is 1. The summed E-state index contributed by atoms with van der Waals surface area (Å²) in [7, 11) is 0. The number of fused-ring (bicyclic) bond motifs is 1. The lowest BCUT2D eigenvalue weighted by molar-refractivity contribution is 0.122. The first kappa shape index (κ1) is 16.3. The van der Waals surface area contributed by atoms with Crippen molar-refractivity contribution in [1.29, 1.82) is 0 Å². The molecule has 5 heteroatoms. The quantitative estimate of drug-likeness (QED) is 0.892. The van der Waals surface area contributed by atoms with E-state index in [1.165, 1.54) is 0 Å². The zero-order valence-corrected chi connectivity index (χ0v) is 14.1. The van der Waals surface area contributed by atoms with E-state index in [9.17, 15) is 4.79 Å². The molecule has 1 atom stereocenters. The molecular formula is C18H23ClN2O2. The van der Waals surface area contributed by atoms with Gasteiger partial charge in [-0.1, -0.05) is 18.5 Å². The van der Waals surface area contributed by atoms with Gasteiger partial charge in [0.25, 0.3) is 5.56 Å². The Morgan fingerprint density at radius 2 is 2.09 bits per heavy atom. The number of aromatic nitrogens is 1. The minimum atomic E-state index is -0.134. The Bertz CT molecular complexity index is 735. The molecule has 1 aliphatic carbocycles. The van der Waals surface area contributed by atoms with Crippen LogP contribution in [0.25, 0.3) is 10.8 Å². The lowest BCUT2D eigenvalue weighted by atomic mass is 9.82. The van der Waals surface area contributed by atoms with E-state index in [2.05, 4.69) is 11.9 Å². The van der Waals surface area contributed by atoms with Crippen molar-refractivity contribution in [2.24, 2.45) is 11.7 Å². The van der Waals surface area contributed by atoms with Gasteiger partial charge in [0, 0.05) is 17.6 Å². The highest BCUT2D eigenvalue weighted by Gasteiger charge is 2.26. The molecule has 1 aliphatic rings. The number of rotatable bonds is 4. The predicted molar refractivity (Wildman–Crippen MR) is 94.2 cm³/mol. The second-order valence-corrected chi connectivity index (χ2v) is 6.81. The molecular weight excluding hydrogens is 312 g/mol. The highest BCUT2D eigenvalue weighted by molar-refractivity contribution is 6.32. The van der Waals surface area contributed by atoms with Crippen molar-refractivity contribution in [2.75, 3.05) is 0 Å². The molecule has 1 saturated carbocycles. The fourth-order valence-corrected chi connectivity index (χ4v) is 3.63. The summed E-state index contributed by atoms with van der Waals surface area (Å²) in [6.45, 7) is 2.14. The number of nitrogens with two attached hydrogens (primary N) is 1. The van der Waals surface area contributed by atoms with Crippen LogP contribution in [0.3, 0.4) is 0 Å². The Labute approximate surface area is 141 Å². The highest BCUT2D eigenvalue weighted by Crippen LogP contribution is 2.34. The first-order valence-electron chi connectivity index (χ1n) is 8.31. The van der Waals surface area contributed by atoms with Crippen LogP contribution in [0.2, 0.25) is 5.02 Å². The molecule has 0 bridgehead atoms. The Morgan fingerprint density at radius 1 is 1.35 bits per heavy atom. The summed E-state index contributed by atoms with van der Waals surface area (Å²) in [5, 5.41) is 1.92. The van der Waals surface area contributed by atoms with Crippen LogP contribution in [0.15, 0.2) is 29.2 Å². The molecule has 1 heterocycles. The Morgan fingerprint density at radius 3 is 2.78 bits per heavy atom. The maximum atomic E-state index is 11.8. The standard InChI is InChI=1S/C18H23ClN2O2/c1-2-16(20)11-3-5-13(6-4-11)23-17-9-12-7-8-21-18(22)14(12)10-15(17)19/h7-11,13,16H,2-6,20H2,1H3,(H,21,22). The average molecular weight is 335 g/mol. The van der Waals surface area contributed by atoms with E-state index in [1.807, 2.05) is 12.1 Å². The second-order valence-electron chi connectivity index (χ2n) is 6.40. The van der Waals surface area contributed by atoms with Gasteiger partial charge in [0.15, 0.2) is 0 Å². The van der Waals surface area contributed by atoms with Crippen molar-refractivity contribution >= 4 is 22.4 Å². The van der Waals surface area contributed by atoms with Gasteiger partial charge in [-0.3, -0.25) is 4.79 Å². The molecule has 0 amide bonds. The van der Waals surface area contributed by atoms with Gasteiger partial charge in [0.05, 0.1) is 11.1 Å². The van der Waals surface area contributed by atoms with E-state index in [-0.39, 0.29) is 11.7 Å².